The largest absolute Gasteiger partial charge is 0.493 e. The van der Waals surface area contributed by atoms with E-state index in [0.717, 1.165) is 11.3 Å². The highest BCUT2D eigenvalue weighted by molar-refractivity contribution is 5.82. The Morgan fingerprint density at radius 2 is 2.05 bits per heavy atom. The van der Waals surface area contributed by atoms with Crippen LogP contribution in [0.3, 0.4) is 0 Å². The predicted octanol–water partition coefficient (Wildman–Crippen LogP) is 3.27. The standard InChI is InChI=1S/C16H22O3/c1-10-6-7-11(2)13(8-10)18-9-12(3)14-16(4,5)15(17)19-14/h6-8,12,14H,9H2,1-5H3. The molecule has 0 N–H and O–H groups in total. The van der Waals surface area contributed by atoms with E-state index in [0.29, 0.717) is 6.61 Å². The van der Waals surface area contributed by atoms with Crippen molar-refractivity contribution in [3.05, 3.63) is 29.3 Å². The summed E-state index contributed by atoms with van der Waals surface area (Å²) in [5.74, 6) is 0.985. The van der Waals surface area contributed by atoms with Gasteiger partial charge in [-0.05, 0) is 44.9 Å². The summed E-state index contributed by atoms with van der Waals surface area (Å²) < 4.78 is 11.1. The Bertz CT molecular complexity index is 491. The van der Waals surface area contributed by atoms with Crippen molar-refractivity contribution >= 4 is 5.97 Å². The molecule has 2 unspecified atom stereocenters. The molecule has 2 atom stereocenters. The van der Waals surface area contributed by atoms with E-state index in [1.807, 2.05) is 33.8 Å². The van der Waals surface area contributed by atoms with E-state index in [2.05, 4.69) is 19.1 Å². The van der Waals surface area contributed by atoms with Crippen molar-refractivity contribution in [2.24, 2.45) is 11.3 Å². The maximum atomic E-state index is 11.4. The summed E-state index contributed by atoms with van der Waals surface area (Å²) in [5, 5.41) is 0. The highest BCUT2D eigenvalue weighted by Gasteiger charge is 2.52. The zero-order valence-corrected chi connectivity index (χ0v) is 12.3. The van der Waals surface area contributed by atoms with Crippen LogP contribution in [0.1, 0.15) is 31.9 Å². The first-order valence-electron chi connectivity index (χ1n) is 6.73. The van der Waals surface area contributed by atoms with E-state index in [1.165, 1.54) is 5.56 Å². The summed E-state index contributed by atoms with van der Waals surface area (Å²) in [7, 11) is 0. The van der Waals surface area contributed by atoms with Crippen molar-refractivity contribution in [1.29, 1.82) is 0 Å². The third kappa shape index (κ3) is 2.60. The molecule has 1 saturated heterocycles. The highest BCUT2D eigenvalue weighted by Crippen LogP contribution is 2.40. The molecule has 3 nitrogen and oxygen atoms in total. The first kappa shape index (κ1) is 13.9. The molecule has 1 aliphatic heterocycles. The molecule has 0 spiro atoms. The van der Waals surface area contributed by atoms with Crippen LogP contribution in [-0.2, 0) is 9.53 Å². The van der Waals surface area contributed by atoms with Gasteiger partial charge in [-0.2, -0.15) is 0 Å². The molecule has 19 heavy (non-hydrogen) atoms. The molecule has 1 aromatic rings. The van der Waals surface area contributed by atoms with Crippen LogP contribution in [0.5, 0.6) is 5.75 Å². The molecule has 0 bridgehead atoms. The number of rotatable bonds is 4. The van der Waals surface area contributed by atoms with E-state index in [-0.39, 0.29) is 23.4 Å². The molecule has 0 radical (unpaired) electrons. The number of carbonyl (C=O) groups is 1. The quantitative estimate of drug-likeness (QED) is 0.781. The topological polar surface area (TPSA) is 35.5 Å². The lowest BCUT2D eigenvalue weighted by Crippen LogP contribution is -2.56. The molecule has 1 aromatic carbocycles. The van der Waals surface area contributed by atoms with Crippen molar-refractivity contribution in [1.82, 2.24) is 0 Å². The molecule has 1 fully saturated rings. The Labute approximate surface area is 114 Å². The first-order chi connectivity index (χ1) is 8.82. The molecule has 104 valence electrons. The Balaban J connectivity index is 1.96. The maximum Gasteiger partial charge on any atom is 0.315 e. The Hall–Kier alpha value is -1.51. The van der Waals surface area contributed by atoms with Crippen LogP contribution in [0.15, 0.2) is 18.2 Å². The van der Waals surface area contributed by atoms with Crippen LogP contribution in [0.25, 0.3) is 0 Å². The van der Waals surface area contributed by atoms with Crippen molar-refractivity contribution in [2.45, 2.75) is 40.7 Å². The summed E-state index contributed by atoms with van der Waals surface area (Å²) >= 11 is 0. The highest BCUT2D eigenvalue weighted by atomic mass is 16.6. The minimum Gasteiger partial charge on any atom is -0.493 e. The van der Waals surface area contributed by atoms with E-state index >= 15 is 0 Å². The molecule has 0 aromatic heterocycles. The minimum absolute atomic E-state index is 0.0508. The molecule has 1 heterocycles. The van der Waals surface area contributed by atoms with Crippen molar-refractivity contribution < 1.29 is 14.3 Å². The fourth-order valence-corrected chi connectivity index (χ4v) is 2.47. The molecule has 1 aliphatic rings. The fourth-order valence-electron chi connectivity index (χ4n) is 2.47. The van der Waals surface area contributed by atoms with Gasteiger partial charge in [0.1, 0.15) is 11.9 Å². The van der Waals surface area contributed by atoms with E-state index in [9.17, 15) is 4.79 Å². The molecule has 0 saturated carbocycles. The number of hydrogen-bond acceptors (Lipinski definition) is 3. The van der Waals surface area contributed by atoms with Gasteiger partial charge in [0.25, 0.3) is 0 Å². The lowest BCUT2D eigenvalue weighted by molar-refractivity contribution is -0.210. The van der Waals surface area contributed by atoms with Gasteiger partial charge in [0.2, 0.25) is 0 Å². The normalized spacial score (nSPS) is 22.4. The van der Waals surface area contributed by atoms with E-state index in [1.54, 1.807) is 0 Å². The number of esters is 1. The van der Waals surface area contributed by atoms with Crippen LogP contribution in [0.2, 0.25) is 0 Å². The maximum absolute atomic E-state index is 11.4. The molecule has 0 amide bonds. The third-order valence-corrected chi connectivity index (χ3v) is 3.83. The molecule has 3 heteroatoms. The summed E-state index contributed by atoms with van der Waals surface area (Å²) in [6.45, 7) is 10.6. The van der Waals surface area contributed by atoms with Crippen molar-refractivity contribution in [3.8, 4) is 5.75 Å². The molecule has 0 aliphatic carbocycles. The van der Waals surface area contributed by atoms with Gasteiger partial charge < -0.3 is 9.47 Å². The number of benzene rings is 1. The second kappa shape index (κ2) is 4.87. The minimum atomic E-state index is -0.384. The summed E-state index contributed by atoms with van der Waals surface area (Å²) in [6.07, 6.45) is -0.0508. The van der Waals surface area contributed by atoms with Crippen LogP contribution in [-0.4, -0.2) is 18.7 Å². The Morgan fingerprint density at radius 3 is 2.63 bits per heavy atom. The molecular weight excluding hydrogens is 240 g/mol. The van der Waals surface area contributed by atoms with E-state index < -0.39 is 0 Å². The monoisotopic (exact) mass is 262 g/mol. The predicted molar refractivity (Wildman–Crippen MR) is 74.2 cm³/mol. The number of cyclic esters (lactones) is 1. The smallest absolute Gasteiger partial charge is 0.315 e. The lowest BCUT2D eigenvalue weighted by Gasteiger charge is -2.44. The number of ether oxygens (including phenoxy) is 2. The lowest BCUT2D eigenvalue weighted by atomic mass is 9.76. The Kier molecular flexibility index (Phi) is 3.57. The number of aryl methyl sites for hydroxylation is 2. The molecule has 2 rings (SSSR count). The van der Waals surface area contributed by atoms with Crippen LogP contribution in [0.4, 0.5) is 0 Å². The van der Waals surface area contributed by atoms with Crippen LogP contribution >= 0.6 is 0 Å². The van der Waals surface area contributed by atoms with Crippen molar-refractivity contribution in [2.75, 3.05) is 6.61 Å². The van der Waals surface area contributed by atoms with Crippen LogP contribution in [0, 0.1) is 25.2 Å². The SMILES string of the molecule is Cc1ccc(C)c(OCC(C)C2OC(=O)C2(C)C)c1. The summed E-state index contributed by atoms with van der Waals surface area (Å²) in [6, 6.07) is 6.17. The zero-order chi connectivity index (χ0) is 14.2. The Morgan fingerprint density at radius 1 is 1.37 bits per heavy atom. The summed E-state index contributed by atoms with van der Waals surface area (Å²) in [4.78, 5) is 11.4. The van der Waals surface area contributed by atoms with Gasteiger partial charge in [0.15, 0.2) is 0 Å². The second-order valence-electron chi connectivity index (χ2n) is 6.10. The fraction of sp³-hybridized carbons (Fsp3) is 0.562. The molecular formula is C16H22O3. The van der Waals surface area contributed by atoms with Gasteiger partial charge in [-0.25, -0.2) is 0 Å². The van der Waals surface area contributed by atoms with Gasteiger partial charge in [-0.15, -0.1) is 0 Å². The second-order valence-corrected chi connectivity index (χ2v) is 6.10. The van der Waals surface area contributed by atoms with Gasteiger partial charge in [-0.1, -0.05) is 19.1 Å². The van der Waals surface area contributed by atoms with Gasteiger partial charge in [0.05, 0.1) is 12.0 Å². The average molecular weight is 262 g/mol. The number of hydrogen-bond donors (Lipinski definition) is 0. The average Bonchev–Trinajstić information content (AvgIpc) is 2.36. The summed E-state index contributed by atoms with van der Waals surface area (Å²) in [5.41, 5.74) is 1.93. The van der Waals surface area contributed by atoms with Gasteiger partial charge >= 0.3 is 5.97 Å². The first-order valence-corrected chi connectivity index (χ1v) is 6.73. The third-order valence-electron chi connectivity index (χ3n) is 3.83. The zero-order valence-electron chi connectivity index (χ0n) is 12.3. The van der Waals surface area contributed by atoms with Crippen molar-refractivity contribution in [3.63, 3.8) is 0 Å². The van der Waals surface area contributed by atoms with Gasteiger partial charge in [-0.3, -0.25) is 4.79 Å². The van der Waals surface area contributed by atoms with Crippen LogP contribution < -0.4 is 4.74 Å². The van der Waals surface area contributed by atoms with E-state index in [4.69, 9.17) is 9.47 Å². The van der Waals surface area contributed by atoms with Gasteiger partial charge in [0, 0.05) is 5.92 Å². The number of carbonyl (C=O) groups excluding carboxylic acids is 1.